The molecular weight excluding hydrogens is 340 g/mol. The van der Waals surface area contributed by atoms with Gasteiger partial charge >= 0.3 is 5.97 Å². The van der Waals surface area contributed by atoms with Crippen LogP contribution >= 0.6 is 0 Å². The third kappa shape index (κ3) is 3.28. The number of benzene rings is 1. The Labute approximate surface area is 159 Å². The smallest absolute Gasteiger partial charge is 0.307 e. The summed E-state index contributed by atoms with van der Waals surface area (Å²) in [4.78, 5) is 12.7. The Bertz CT molecular complexity index is 794. The van der Waals surface area contributed by atoms with Crippen molar-refractivity contribution in [3.63, 3.8) is 0 Å². The van der Waals surface area contributed by atoms with E-state index < -0.39 is 6.10 Å². The summed E-state index contributed by atoms with van der Waals surface area (Å²) < 4.78 is 11.4. The molecule has 27 heavy (non-hydrogen) atoms. The van der Waals surface area contributed by atoms with Crippen molar-refractivity contribution in [2.24, 2.45) is 23.2 Å². The van der Waals surface area contributed by atoms with Crippen LogP contribution in [0, 0.1) is 23.2 Å². The lowest BCUT2D eigenvalue weighted by Gasteiger charge is -2.56. The van der Waals surface area contributed by atoms with Crippen molar-refractivity contribution in [2.75, 3.05) is 0 Å². The second-order valence-corrected chi connectivity index (χ2v) is 9.04. The highest BCUT2D eigenvalue weighted by molar-refractivity contribution is 5.70. The topological polar surface area (TPSA) is 65.2 Å². The number of hydrogen-bond donors (Lipinski definition) is 0. The average Bonchev–Trinajstić information content (AvgIpc) is 3.11. The summed E-state index contributed by atoms with van der Waals surface area (Å²) in [5, 5.41) is 8.17. The molecule has 1 aromatic carbocycles. The van der Waals surface area contributed by atoms with Gasteiger partial charge in [-0.2, -0.15) is 0 Å². The van der Waals surface area contributed by atoms with E-state index in [1.807, 2.05) is 30.3 Å². The van der Waals surface area contributed by atoms with Gasteiger partial charge in [-0.1, -0.05) is 18.2 Å². The lowest BCUT2D eigenvalue weighted by molar-refractivity contribution is -0.157. The summed E-state index contributed by atoms with van der Waals surface area (Å²) in [6, 6.07) is 9.62. The van der Waals surface area contributed by atoms with Gasteiger partial charge in [-0.05, 0) is 80.8 Å². The first-order valence-electron chi connectivity index (χ1n) is 10.2. The Morgan fingerprint density at radius 2 is 1.74 bits per heavy atom. The summed E-state index contributed by atoms with van der Waals surface area (Å²) in [6.07, 6.45) is 7.81. The lowest BCUT2D eigenvalue weighted by atomic mass is 9.49. The Balaban J connectivity index is 1.23. The van der Waals surface area contributed by atoms with Gasteiger partial charge in [0.2, 0.25) is 5.89 Å². The molecule has 4 bridgehead atoms. The zero-order chi connectivity index (χ0) is 18.4. The molecule has 0 spiro atoms. The van der Waals surface area contributed by atoms with Crippen molar-refractivity contribution >= 4 is 5.97 Å². The third-order valence-corrected chi connectivity index (χ3v) is 6.80. The van der Waals surface area contributed by atoms with Gasteiger partial charge in [0.25, 0.3) is 5.89 Å². The zero-order valence-electron chi connectivity index (χ0n) is 15.8. The minimum absolute atomic E-state index is 0.121. The molecule has 0 aliphatic heterocycles. The van der Waals surface area contributed by atoms with Gasteiger partial charge in [0.05, 0.1) is 6.42 Å². The van der Waals surface area contributed by atoms with Crippen LogP contribution in [-0.4, -0.2) is 16.2 Å². The van der Waals surface area contributed by atoms with Crippen molar-refractivity contribution in [1.82, 2.24) is 10.2 Å². The molecule has 4 aliphatic carbocycles. The maximum atomic E-state index is 12.7. The van der Waals surface area contributed by atoms with Gasteiger partial charge in [-0.15, -0.1) is 10.2 Å². The standard InChI is InChI=1S/C22H26N2O3/c1-14(20-23-24-21(27-20)18-5-3-2-4-6-18)26-19(25)13-22-10-15-7-16(11-22)9-17(8-15)12-22/h2-6,14-17H,7-13H2,1H3/t14-,15?,16?,17?,22?/m1/s1. The molecule has 1 aromatic heterocycles. The van der Waals surface area contributed by atoms with Crippen LogP contribution < -0.4 is 0 Å². The molecule has 4 saturated carbocycles. The number of nitrogens with zero attached hydrogens (tertiary/aromatic N) is 2. The molecule has 0 radical (unpaired) electrons. The minimum atomic E-state index is -0.517. The summed E-state index contributed by atoms with van der Waals surface area (Å²) in [6.45, 7) is 1.81. The molecule has 1 heterocycles. The monoisotopic (exact) mass is 366 g/mol. The van der Waals surface area contributed by atoms with E-state index in [0.717, 1.165) is 23.3 Å². The SMILES string of the molecule is C[C@@H](OC(=O)CC12CC3CC(CC(C3)C1)C2)c1nnc(-c2ccccc2)o1. The first-order valence-corrected chi connectivity index (χ1v) is 10.2. The van der Waals surface area contributed by atoms with Crippen LogP contribution in [0.2, 0.25) is 0 Å². The van der Waals surface area contributed by atoms with E-state index in [1.165, 1.54) is 38.5 Å². The van der Waals surface area contributed by atoms with E-state index in [4.69, 9.17) is 9.15 Å². The average molecular weight is 366 g/mol. The van der Waals surface area contributed by atoms with Crippen LogP contribution in [0.3, 0.4) is 0 Å². The van der Waals surface area contributed by atoms with Gasteiger partial charge in [-0.25, -0.2) is 0 Å². The van der Waals surface area contributed by atoms with E-state index >= 15 is 0 Å². The van der Waals surface area contributed by atoms with Gasteiger partial charge in [0, 0.05) is 5.56 Å². The Morgan fingerprint density at radius 3 is 2.37 bits per heavy atom. The number of hydrogen-bond acceptors (Lipinski definition) is 5. The highest BCUT2D eigenvalue weighted by Crippen LogP contribution is 2.61. The van der Waals surface area contributed by atoms with Crippen LogP contribution in [0.1, 0.15) is 63.9 Å². The summed E-state index contributed by atoms with van der Waals surface area (Å²) in [5.74, 6) is 3.20. The first-order chi connectivity index (χ1) is 13.1. The highest BCUT2D eigenvalue weighted by atomic mass is 16.6. The molecule has 142 valence electrons. The van der Waals surface area contributed by atoms with Crippen molar-refractivity contribution in [1.29, 1.82) is 0 Å². The van der Waals surface area contributed by atoms with Crippen molar-refractivity contribution in [3.05, 3.63) is 36.2 Å². The largest absolute Gasteiger partial charge is 0.453 e. The number of ether oxygens (including phenoxy) is 1. The molecule has 4 aliphatic rings. The molecule has 0 amide bonds. The molecular formula is C22H26N2O3. The van der Waals surface area contributed by atoms with Crippen molar-refractivity contribution in [3.8, 4) is 11.5 Å². The maximum absolute atomic E-state index is 12.7. The number of rotatable bonds is 5. The quantitative estimate of drug-likeness (QED) is 0.701. The van der Waals surface area contributed by atoms with Gasteiger partial charge in [0.15, 0.2) is 6.10 Å². The van der Waals surface area contributed by atoms with E-state index in [1.54, 1.807) is 6.92 Å². The Hall–Kier alpha value is -2.17. The lowest BCUT2D eigenvalue weighted by Crippen LogP contribution is -2.47. The van der Waals surface area contributed by atoms with E-state index in [9.17, 15) is 4.79 Å². The molecule has 4 fully saturated rings. The van der Waals surface area contributed by atoms with Crippen LogP contribution in [-0.2, 0) is 9.53 Å². The molecule has 1 atom stereocenters. The number of aromatic nitrogens is 2. The fourth-order valence-corrected chi connectivity index (χ4v) is 6.20. The molecule has 2 aromatic rings. The fourth-order valence-electron chi connectivity index (χ4n) is 6.20. The van der Waals surface area contributed by atoms with Crippen LogP contribution in [0.5, 0.6) is 0 Å². The Kier molecular flexibility index (Phi) is 4.06. The van der Waals surface area contributed by atoms with Crippen molar-refractivity contribution in [2.45, 2.75) is 58.0 Å². The molecule has 0 N–H and O–H groups in total. The third-order valence-electron chi connectivity index (χ3n) is 6.80. The summed E-state index contributed by atoms with van der Waals surface area (Å²) in [5.41, 5.74) is 1.05. The van der Waals surface area contributed by atoms with Crippen LogP contribution in [0.25, 0.3) is 11.5 Å². The number of carbonyl (C=O) groups is 1. The Morgan fingerprint density at radius 1 is 1.11 bits per heavy atom. The van der Waals surface area contributed by atoms with Crippen molar-refractivity contribution < 1.29 is 13.9 Å². The van der Waals surface area contributed by atoms with Gasteiger partial charge in [-0.3, -0.25) is 4.79 Å². The van der Waals surface area contributed by atoms with Gasteiger partial charge < -0.3 is 9.15 Å². The summed E-state index contributed by atoms with van der Waals surface area (Å²) >= 11 is 0. The second kappa shape index (κ2) is 6.47. The van der Waals surface area contributed by atoms with E-state index in [0.29, 0.717) is 18.2 Å². The predicted octanol–water partition coefficient (Wildman–Crippen LogP) is 4.95. The fraction of sp³-hybridized carbons (Fsp3) is 0.591. The van der Waals surface area contributed by atoms with Gasteiger partial charge in [0.1, 0.15) is 0 Å². The van der Waals surface area contributed by atoms with Crippen LogP contribution in [0.4, 0.5) is 0 Å². The molecule has 6 rings (SSSR count). The van der Waals surface area contributed by atoms with E-state index in [2.05, 4.69) is 10.2 Å². The molecule has 5 nitrogen and oxygen atoms in total. The molecule has 0 unspecified atom stereocenters. The normalized spacial score (nSPS) is 32.4. The predicted molar refractivity (Wildman–Crippen MR) is 99.5 cm³/mol. The zero-order valence-corrected chi connectivity index (χ0v) is 15.8. The second-order valence-electron chi connectivity index (χ2n) is 9.04. The first kappa shape index (κ1) is 17.0. The van der Waals surface area contributed by atoms with E-state index in [-0.39, 0.29) is 11.4 Å². The minimum Gasteiger partial charge on any atom is -0.453 e. The number of esters is 1. The van der Waals surface area contributed by atoms with Crippen LogP contribution in [0.15, 0.2) is 34.7 Å². The molecule has 5 heteroatoms. The molecule has 0 saturated heterocycles. The number of carbonyl (C=O) groups excluding carboxylic acids is 1. The summed E-state index contributed by atoms with van der Waals surface area (Å²) in [7, 11) is 0. The highest BCUT2D eigenvalue weighted by Gasteiger charge is 2.51. The maximum Gasteiger partial charge on any atom is 0.307 e.